The van der Waals surface area contributed by atoms with Crippen LogP contribution in [0, 0.1) is 0 Å². The summed E-state index contributed by atoms with van der Waals surface area (Å²) in [6, 6.07) is 9.16. The summed E-state index contributed by atoms with van der Waals surface area (Å²) in [6.07, 6.45) is 2.88. The third-order valence-corrected chi connectivity index (χ3v) is 6.23. The molecule has 4 rings (SSSR count). The molecule has 0 unspecified atom stereocenters. The van der Waals surface area contributed by atoms with Crippen molar-refractivity contribution in [3.63, 3.8) is 0 Å². The van der Waals surface area contributed by atoms with Crippen LogP contribution in [0.3, 0.4) is 0 Å². The number of imide groups is 1. The minimum absolute atomic E-state index is 0.283. The van der Waals surface area contributed by atoms with Crippen molar-refractivity contribution in [2.75, 3.05) is 20.8 Å². The first kappa shape index (κ1) is 21.6. The number of hydrogen-bond donors (Lipinski definition) is 0. The van der Waals surface area contributed by atoms with Gasteiger partial charge in [-0.15, -0.1) is 6.58 Å². The minimum atomic E-state index is -0.930. The maximum Gasteiger partial charge on any atom is 0.262 e. The molecule has 0 N–H and O–H groups in total. The lowest BCUT2D eigenvalue weighted by Crippen LogP contribution is -2.52. The molecule has 0 spiro atoms. The standard InChI is InChI=1S/C25H26N2O5/c1-5-8-20-22-16(13-17(31-3)14-21(22)32-4)11-12-26(20)23(28)15(2)27-24(29)18-9-6-7-10-19(18)25(27)30/h5-7,9-10,13-15,20H,1,8,11-12H2,2-4H3/t15-,20-/m0/s1. The number of amides is 3. The zero-order valence-electron chi connectivity index (χ0n) is 18.5. The lowest BCUT2D eigenvalue weighted by molar-refractivity contribution is -0.137. The van der Waals surface area contributed by atoms with E-state index in [1.165, 1.54) is 0 Å². The number of hydrogen-bond acceptors (Lipinski definition) is 5. The lowest BCUT2D eigenvalue weighted by atomic mass is 9.89. The van der Waals surface area contributed by atoms with Gasteiger partial charge in [-0.1, -0.05) is 18.2 Å². The van der Waals surface area contributed by atoms with Crippen LogP contribution in [0.4, 0.5) is 0 Å². The number of nitrogens with zero attached hydrogens (tertiary/aromatic N) is 2. The van der Waals surface area contributed by atoms with Crippen molar-refractivity contribution in [2.45, 2.75) is 31.8 Å². The first-order chi connectivity index (χ1) is 15.4. The number of methoxy groups -OCH3 is 2. The molecule has 0 aromatic heterocycles. The van der Waals surface area contributed by atoms with E-state index in [1.54, 1.807) is 62.5 Å². The van der Waals surface area contributed by atoms with Gasteiger partial charge >= 0.3 is 0 Å². The molecule has 2 heterocycles. The van der Waals surface area contributed by atoms with Gasteiger partial charge in [-0.05, 0) is 43.5 Å². The Balaban J connectivity index is 1.68. The van der Waals surface area contributed by atoms with Crippen LogP contribution in [0.5, 0.6) is 11.5 Å². The Morgan fingerprint density at radius 1 is 1.16 bits per heavy atom. The molecule has 2 atom stereocenters. The van der Waals surface area contributed by atoms with Crippen molar-refractivity contribution < 1.29 is 23.9 Å². The summed E-state index contributed by atoms with van der Waals surface area (Å²) in [7, 11) is 3.19. The molecule has 166 valence electrons. The summed E-state index contributed by atoms with van der Waals surface area (Å²) in [5.74, 6) is 0.168. The Morgan fingerprint density at radius 2 is 1.81 bits per heavy atom. The third-order valence-electron chi connectivity index (χ3n) is 6.23. The van der Waals surface area contributed by atoms with E-state index in [2.05, 4.69) is 6.58 Å². The van der Waals surface area contributed by atoms with Gasteiger partial charge in [0.2, 0.25) is 5.91 Å². The van der Waals surface area contributed by atoms with Crippen LogP contribution in [0.1, 0.15) is 51.2 Å². The minimum Gasteiger partial charge on any atom is -0.497 e. The fraction of sp³-hybridized carbons (Fsp3) is 0.320. The van der Waals surface area contributed by atoms with Crippen molar-refractivity contribution in [2.24, 2.45) is 0 Å². The van der Waals surface area contributed by atoms with Crippen LogP contribution in [0.15, 0.2) is 49.1 Å². The molecule has 3 amide bonds. The van der Waals surface area contributed by atoms with E-state index in [0.29, 0.717) is 42.0 Å². The number of benzene rings is 2. The Morgan fingerprint density at radius 3 is 2.38 bits per heavy atom. The molecule has 0 saturated carbocycles. The summed E-state index contributed by atoms with van der Waals surface area (Å²) >= 11 is 0. The van der Waals surface area contributed by atoms with E-state index in [0.717, 1.165) is 16.0 Å². The predicted molar refractivity (Wildman–Crippen MR) is 119 cm³/mol. The topological polar surface area (TPSA) is 76.2 Å². The van der Waals surface area contributed by atoms with Crippen molar-refractivity contribution >= 4 is 17.7 Å². The number of ether oxygens (including phenoxy) is 2. The normalized spacial score (nSPS) is 18.2. The maximum atomic E-state index is 13.6. The average molecular weight is 434 g/mol. The van der Waals surface area contributed by atoms with E-state index in [4.69, 9.17) is 9.47 Å². The van der Waals surface area contributed by atoms with Gasteiger partial charge in [0, 0.05) is 18.2 Å². The number of rotatable bonds is 6. The molecule has 7 nitrogen and oxygen atoms in total. The molecule has 32 heavy (non-hydrogen) atoms. The third kappa shape index (κ3) is 3.34. The molecule has 0 radical (unpaired) electrons. The first-order valence-electron chi connectivity index (χ1n) is 10.6. The molecule has 0 bridgehead atoms. The fourth-order valence-electron chi connectivity index (χ4n) is 4.66. The van der Waals surface area contributed by atoms with Gasteiger partial charge in [0.05, 0.1) is 31.4 Å². The molecular formula is C25H26N2O5. The maximum absolute atomic E-state index is 13.6. The smallest absolute Gasteiger partial charge is 0.262 e. The van der Waals surface area contributed by atoms with Crippen LogP contribution in [0.2, 0.25) is 0 Å². The quantitative estimate of drug-likeness (QED) is 0.515. The fourth-order valence-corrected chi connectivity index (χ4v) is 4.66. The van der Waals surface area contributed by atoms with Gasteiger partial charge in [0.15, 0.2) is 0 Å². The van der Waals surface area contributed by atoms with Gasteiger partial charge in [-0.3, -0.25) is 19.3 Å². The molecule has 0 aliphatic carbocycles. The highest BCUT2D eigenvalue weighted by Gasteiger charge is 2.43. The second-order valence-electron chi connectivity index (χ2n) is 7.93. The Hall–Kier alpha value is -3.61. The molecule has 2 aromatic carbocycles. The largest absolute Gasteiger partial charge is 0.497 e. The summed E-state index contributed by atoms with van der Waals surface area (Å²) in [5.41, 5.74) is 2.61. The van der Waals surface area contributed by atoms with E-state index < -0.39 is 17.9 Å². The van der Waals surface area contributed by atoms with E-state index >= 15 is 0 Å². The van der Waals surface area contributed by atoms with Crippen LogP contribution < -0.4 is 9.47 Å². The van der Waals surface area contributed by atoms with Gasteiger partial charge in [-0.25, -0.2) is 0 Å². The van der Waals surface area contributed by atoms with Crippen LogP contribution in [0.25, 0.3) is 0 Å². The van der Waals surface area contributed by atoms with Crippen LogP contribution >= 0.6 is 0 Å². The summed E-state index contributed by atoms with van der Waals surface area (Å²) in [5, 5.41) is 0. The van der Waals surface area contributed by atoms with Crippen molar-refractivity contribution in [1.82, 2.24) is 9.80 Å². The van der Waals surface area contributed by atoms with Crippen LogP contribution in [-0.2, 0) is 11.2 Å². The van der Waals surface area contributed by atoms with Crippen molar-refractivity contribution in [3.05, 3.63) is 71.3 Å². The van der Waals surface area contributed by atoms with Crippen molar-refractivity contribution in [3.8, 4) is 11.5 Å². The lowest BCUT2D eigenvalue weighted by Gasteiger charge is -2.40. The van der Waals surface area contributed by atoms with Gasteiger partial charge in [0.1, 0.15) is 17.5 Å². The second kappa shape index (κ2) is 8.49. The molecule has 2 aromatic rings. The number of carbonyl (C=O) groups excluding carboxylic acids is 3. The zero-order valence-corrected chi connectivity index (χ0v) is 18.5. The highest BCUT2D eigenvalue weighted by molar-refractivity contribution is 6.22. The molecule has 2 aliphatic rings. The highest BCUT2D eigenvalue weighted by Crippen LogP contribution is 2.42. The summed E-state index contributed by atoms with van der Waals surface area (Å²) in [6.45, 7) is 5.92. The van der Waals surface area contributed by atoms with E-state index in [1.807, 2.05) is 6.07 Å². The molecule has 0 saturated heterocycles. The van der Waals surface area contributed by atoms with E-state index in [-0.39, 0.29) is 11.9 Å². The number of fused-ring (bicyclic) bond motifs is 2. The number of carbonyl (C=O) groups is 3. The SMILES string of the molecule is C=CC[C@H]1c2c(cc(OC)cc2OC)CCN1C(=O)[C@H](C)N1C(=O)c2ccccc2C1=O. The summed E-state index contributed by atoms with van der Waals surface area (Å²) < 4.78 is 11.0. The molecule has 2 aliphatic heterocycles. The Bertz CT molecular complexity index is 1060. The monoisotopic (exact) mass is 434 g/mol. The van der Waals surface area contributed by atoms with Crippen LogP contribution in [-0.4, -0.2) is 54.3 Å². The van der Waals surface area contributed by atoms with Gasteiger partial charge in [-0.2, -0.15) is 0 Å². The van der Waals surface area contributed by atoms with Crippen molar-refractivity contribution in [1.29, 1.82) is 0 Å². The van der Waals surface area contributed by atoms with E-state index in [9.17, 15) is 14.4 Å². The zero-order chi connectivity index (χ0) is 23.0. The summed E-state index contributed by atoms with van der Waals surface area (Å²) in [4.78, 5) is 42.2. The Labute approximate surface area is 187 Å². The second-order valence-corrected chi connectivity index (χ2v) is 7.93. The average Bonchev–Trinajstić information content (AvgIpc) is 3.07. The highest BCUT2D eigenvalue weighted by atomic mass is 16.5. The molecule has 7 heteroatoms. The van der Waals surface area contributed by atoms with Gasteiger partial charge < -0.3 is 14.4 Å². The van der Waals surface area contributed by atoms with Gasteiger partial charge in [0.25, 0.3) is 11.8 Å². The molecular weight excluding hydrogens is 408 g/mol. The first-order valence-corrected chi connectivity index (χ1v) is 10.6. The molecule has 0 fully saturated rings. The predicted octanol–water partition coefficient (Wildman–Crippen LogP) is 3.39. The Kier molecular flexibility index (Phi) is 5.74.